The number of rotatable bonds is 2. The molecule has 1 N–H and O–H groups in total. The van der Waals surface area contributed by atoms with Crippen molar-refractivity contribution in [3.63, 3.8) is 0 Å². The van der Waals surface area contributed by atoms with E-state index in [9.17, 15) is 9.90 Å². The second-order valence-electron chi connectivity index (χ2n) is 4.33. The molecule has 5 nitrogen and oxygen atoms in total. The zero-order chi connectivity index (χ0) is 13.4. The maximum absolute atomic E-state index is 11.5. The third-order valence-corrected chi connectivity index (χ3v) is 3.21. The number of aliphatic hydroxyl groups is 1. The minimum Gasteiger partial charge on any atom is -0.467 e. The van der Waals surface area contributed by atoms with Gasteiger partial charge in [-0.15, -0.1) is 0 Å². The fourth-order valence-electron chi connectivity index (χ4n) is 2.22. The summed E-state index contributed by atoms with van der Waals surface area (Å²) < 4.78 is 6.48. The lowest BCUT2D eigenvalue weighted by atomic mass is 10.00. The van der Waals surface area contributed by atoms with Crippen LogP contribution in [0.5, 0.6) is 0 Å². The average Bonchev–Trinajstić information content (AvgIpc) is 2.70. The van der Waals surface area contributed by atoms with Gasteiger partial charge in [-0.2, -0.15) is 0 Å². The Kier molecular flexibility index (Phi) is 3.09. The molecule has 2 aromatic heterocycles. The minimum atomic E-state index is -1.29. The minimum absolute atomic E-state index is 0.528. The summed E-state index contributed by atoms with van der Waals surface area (Å²) in [6, 6.07) is 1.92. The molecule has 0 radical (unpaired) electrons. The van der Waals surface area contributed by atoms with Crippen LogP contribution in [0.1, 0.15) is 22.9 Å². The topological polar surface area (TPSA) is 64.3 Å². The Hall–Kier alpha value is -1.88. The number of ether oxygens (including phenoxy) is 1. The summed E-state index contributed by atoms with van der Waals surface area (Å²) >= 11 is 0. The van der Waals surface area contributed by atoms with Crippen molar-refractivity contribution in [3.8, 4) is 0 Å². The zero-order valence-electron chi connectivity index (χ0n) is 10.9. The largest absolute Gasteiger partial charge is 0.467 e. The third-order valence-electron chi connectivity index (χ3n) is 3.21. The molecule has 0 aliphatic heterocycles. The number of aliphatic hydroxyl groups excluding tert-OH is 1. The number of carbonyl (C=O) groups is 1. The van der Waals surface area contributed by atoms with Gasteiger partial charge in [0.05, 0.1) is 7.11 Å². The summed E-state index contributed by atoms with van der Waals surface area (Å²) in [6.45, 7) is 3.65. The van der Waals surface area contributed by atoms with Gasteiger partial charge in [-0.1, -0.05) is 0 Å². The van der Waals surface area contributed by atoms with Crippen molar-refractivity contribution in [2.45, 2.75) is 20.0 Å². The van der Waals surface area contributed by atoms with E-state index in [4.69, 9.17) is 0 Å². The van der Waals surface area contributed by atoms with E-state index in [-0.39, 0.29) is 0 Å². The quantitative estimate of drug-likeness (QED) is 0.816. The Balaban J connectivity index is 2.68. The number of aryl methyl sites for hydroxylation is 3. The predicted octanol–water partition coefficient (Wildman–Crippen LogP) is 1.40. The van der Waals surface area contributed by atoms with E-state index in [2.05, 4.69) is 9.72 Å². The second kappa shape index (κ2) is 4.42. The van der Waals surface area contributed by atoms with E-state index in [0.717, 1.165) is 16.6 Å². The molecule has 96 valence electrons. The Morgan fingerprint density at radius 3 is 2.78 bits per heavy atom. The van der Waals surface area contributed by atoms with Crippen molar-refractivity contribution in [2.24, 2.45) is 7.05 Å². The maximum Gasteiger partial charge on any atom is 0.339 e. The van der Waals surface area contributed by atoms with Crippen molar-refractivity contribution in [3.05, 3.63) is 29.1 Å². The molecule has 2 heterocycles. The van der Waals surface area contributed by atoms with Crippen LogP contribution < -0.4 is 0 Å². The zero-order valence-corrected chi connectivity index (χ0v) is 10.9. The highest BCUT2D eigenvalue weighted by molar-refractivity contribution is 5.85. The second-order valence-corrected chi connectivity index (χ2v) is 4.33. The van der Waals surface area contributed by atoms with Crippen LogP contribution in [0, 0.1) is 13.8 Å². The van der Waals surface area contributed by atoms with Gasteiger partial charge in [-0.05, 0) is 25.5 Å². The maximum atomic E-state index is 11.5. The lowest BCUT2D eigenvalue weighted by Crippen LogP contribution is -2.16. The lowest BCUT2D eigenvalue weighted by Gasteiger charge is -2.15. The summed E-state index contributed by atoms with van der Waals surface area (Å²) in [7, 11) is 3.16. The van der Waals surface area contributed by atoms with Crippen molar-refractivity contribution in [2.75, 3.05) is 7.11 Å². The molecule has 0 bridgehead atoms. The first-order valence-electron chi connectivity index (χ1n) is 5.65. The van der Waals surface area contributed by atoms with Gasteiger partial charge >= 0.3 is 5.97 Å². The third kappa shape index (κ3) is 1.76. The summed E-state index contributed by atoms with van der Waals surface area (Å²) in [5.41, 5.74) is 2.86. The lowest BCUT2D eigenvalue weighted by molar-refractivity contribution is -0.150. The molecule has 1 atom stereocenters. The molecule has 0 spiro atoms. The molecule has 0 saturated heterocycles. The Bertz CT molecular complexity index is 616. The fraction of sp³-hybridized carbons (Fsp3) is 0.385. The number of hydrogen-bond donors (Lipinski definition) is 1. The van der Waals surface area contributed by atoms with Gasteiger partial charge in [-0.3, -0.25) is 0 Å². The predicted molar refractivity (Wildman–Crippen MR) is 67.2 cm³/mol. The van der Waals surface area contributed by atoms with Crippen LogP contribution in [0.25, 0.3) is 11.0 Å². The number of methoxy groups -OCH3 is 1. The molecule has 0 aromatic carbocycles. The standard InChI is InChI=1S/C13H16N2O3/c1-7-9-5-6-15(3)12(9)14-8(2)10(7)11(16)13(17)18-4/h5-6,11,16H,1-4H3. The number of aromatic nitrogens is 2. The summed E-state index contributed by atoms with van der Waals surface area (Å²) in [4.78, 5) is 15.9. The molecule has 5 heteroatoms. The Labute approximate surface area is 105 Å². The SMILES string of the molecule is COC(=O)C(O)c1c(C)nc2c(ccn2C)c1C. The first-order valence-corrected chi connectivity index (χ1v) is 5.65. The first-order chi connectivity index (χ1) is 8.47. The summed E-state index contributed by atoms with van der Waals surface area (Å²) in [5.74, 6) is -0.668. The normalized spacial score (nSPS) is 12.7. The first kappa shape index (κ1) is 12.6. The molecule has 2 aromatic rings. The highest BCUT2D eigenvalue weighted by atomic mass is 16.5. The van der Waals surface area contributed by atoms with Gasteiger partial charge in [-0.25, -0.2) is 9.78 Å². The van der Waals surface area contributed by atoms with Gasteiger partial charge in [0.15, 0.2) is 6.10 Å². The molecule has 0 aliphatic rings. The molecule has 0 saturated carbocycles. The van der Waals surface area contributed by atoms with Crippen molar-refractivity contribution in [1.82, 2.24) is 9.55 Å². The van der Waals surface area contributed by atoms with Crippen molar-refractivity contribution in [1.29, 1.82) is 0 Å². The number of hydrogen-bond acceptors (Lipinski definition) is 4. The van der Waals surface area contributed by atoms with E-state index < -0.39 is 12.1 Å². The van der Waals surface area contributed by atoms with Crippen LogP contribution in [0.15, 0.2) is 12.3 Å². The monoisotopic (exact) mass is 248 g/mol. The number of pyridine rings is 1. The molecule has 2 rings (SSSR count). The van der Waals surface area contributed by atoms with Gasteiger partial charge in [0.2, 0.25) is 0 Å². The smallest absolute Gasteiger partial charge is 0.339 e. The van der Waals surface area contributed by atoms with Gasteiger partial charge < -0.3 is 14.4 Å². The van der Waals surface area contributed by atoms with Crippen LogP contribution in [0.4, 0.5) is 0 Å². The molecule has 0 amide bonds. The van der Waals surface area contributed by atoms with Crippen LogP contribution in [-0.2, 0) is 16.6 Å². The Morgan fingerprint density at radius 1 is 1.50 bits per heavy atom. The van der Waals surface area contributed by atoms with Crippen LogP contribution >= 0.6 is 0 Å². The van der Waals surface area contributed by atoms with E-state index in [1.165, 1.54) is 7.11 Å². The van der Waals surface area contributed by atoms with Crippen LogP contribution in [-0.4, -0.2) is 27.7 Å². The van der Waals surface area contributed by atoms with E-state index in [0.29, 0.717) is 11.3 Å². The van der Waals surface area contributed by atoms with Gasteiger partial charge in [0.25, 0.3) is 0 Å². The van der Waals surface area contributed by atoms with Gasteiger partial charge in [0.1, 0.15) is 5.65 Å². The van der Waals surface area contributed by atoms with Crippen LogP contribution in [0.3, 0.4) is 0 Å². The number of nitrogens with zero attached hydrogens (tertiary/aromatic N) is 2. The highest BCUT2D eigenvalue weighted by Crippen LogP contribution is 2.28. The average molecular weight is 248 g/mol. The van der Waals surface area contributed by atoms with Gasteiger partial charge in [0, 0.05) is 29.9 Å². The summed E-state index contributed by atoms with van der Waals surface area (Å²) in [5, 5.41) is 10.9. The number of carbonyl (C=O) groups excluding carboxylic acids is 1. The van der Waals surface area contributed by atoms with E-state index >= 15 is 0 Å². The molecular formula is C13H16N2O3. The van der Waals surface area contributed by atoms with Crippen molar-refractivity contribution < 1.29 is 14.6 Å². The van der Waals surface area contributed by atoms with E-state index in [1.807, 2.05) is 30.8 Å². The Morgan fingerprint density at radius 2 is 2.17 bits per heavy atom. The van der Waals surface area contributed by atoms with Crippen molar-refractivity contribution >= 4 is 17.0 Å². The highest BCUT2D eigenvalue weighted by Gasteiger charge is 2.24. The summed E-state index contributed by atoms with van der Waals surface area (Å²) in [6.07, 6.45) is 0.616. The molecule has 0 fully saturated rings. The molecule has 18 heavy (non-hydrogen) atoms. The van der Waals surface area contributed by atoms with E-state index in [1.54, 1.807) is 6.92 Å². The fourth-order valence-corrected chi connectivity index (χ4v) is 2.22. The van der Waals surface area contributed by atoms with Crippen LogP contribution in [0.2, 0.25) is 0 Å². The molecule has 1 unspecified atom stereocenters. The molecular weight excluding hydrogens is 232 g/mol. The number of fused-ring (bicyclic) bond motifs is 1. The molecule has 0 aliphatic carbocycles. The number of esters is 1.